The molecule has 0 atom stereocenters. The number of benzene rings is 3. The third-order valence-corrected chi connectivity index (χ3v) is 8.51. The number of piperazine rings is 1. The van der Waals surface area contributed by atoms with Gasteiger partial charge in [0, 0.05) is 36.6 Å². The maximum atomic E-state index is 13.5. The Bertz CT molecular complexity index is 1520. The lowest BCUT2D eigenvalue weighted by Crippen LogP contribution is -2.50. The average Bonchev–Trinajstić information content (AvgIpc) is 3.00. The minimum atomic E-state index is -4.16. The fourth-order valence-electron chi connectivity index (χ4n) is 4.22. The van der Waals surface area contributed by atoms with E-state index < -0.39 is 22.0 Å². The van der Waals surface area contributed by atoms with Gasteiger partial charge < -0.3 is 34.2 Å². The van der Waals surface area contributed by atoms with Crippen molar-refractivity contribution in [3.05, 3.63) is 66.2 Å². The van der Waals surface area contributed by atoms with Crippen molar-refractivity contribution in [2.45, 2.75) is 9.79 Å². The third-order valence-electron chi connectivity index (χ3n) is 6.38. The topological polar surface area (TPSA) is 155 Å². The van der Waals surface area contributed by atoms with E-state index >= 15 is 0 Å². The summed E-state index contributed by atoms with van der Waals surface area (Å²) >= 11 is 1.47. The van der Waals surface area contributed by atoms with E-state index in [0.717, 1.165) is 4.90 Å². The van der Waals surface area contributed by atoms with Crippen molar-refractivity contribution in [1.82, 2.24) is 9.80 Å². The van der Waals surface area contributed by atoms with Gasteiger partial charge in [-0.2, -0.15) is 0 Å². The normalized spacial score (nSPS) is 13.4. The summed E-state index contributed by atoms with van der Waals surface area (Å²) in [6.45, 7) is 0.0529. The fourth-order valence-corrected chi connectivity index (χ4v) is 5.69. The first-order valence-corrected chi connectivity index (χ1v) is 15.5. The van der Waals surface area contributed by atoms with Crippen molar-refractivity contribution in [3.63, 3.8) is 0 Å². The number of carbonyl (C=O) groups excluding carboxylic acids is 1. The van der Waals surface area contributed by atoms with Crippen LogP contribution in [0.15, 0.2) is 70.5 Å². The number of nitrogens with one attached hydrogen (secondary N) is 1. The quantitative estimate of drug-likeness (QED) is 0.271. The van der Waals surface area contributed by atoms with Gasteiger partial charge in [0.25, 0.3) is 15.9 Å². The number of carbonyl (C=O) groups is 2. The highest BCUT2D eigenvalue weighted by molar-refractivity contribution is 7.98. The summed E-state index contributed by atoms with van der Waals surface area (Å²) in [6, 6.07) is 15.8. The first-order chi connectivity index (χ1) is 20.2. The third kappa shape index (κ3) is 7.19. The minimum absolute atomic E-state index is 0.000379. The molecule has 1 saturated heterocycles. The Kier molecular flexibility index (Phi) is 10.0. The van der Waals surface area contributed by atoms with Crippen LogP contribution in [0.25, 0.3) is 0 Å². The number of hydrogen-bond acceptors (Lipinski definition) is 9. The molecule has 1 fully saturated rings. The predicted octanol–water partition coefficient (Wildman–Crippen LogP) is 3.82. The molecular formula is C28H31N3O9S2. The van der Waals surface area contributed by atoms with E-state index in [0.29, 0.717) is 5.75 Å². The minimum Gasteiger partial charge on any atom is -0.493 e. The molecule has 1 aliphatic heterocycles. The number of nitrogens with zero attached hydrogens (tertiary/aromatic N) is 2. The molecular weight excluding hydrogens is 586 g/mol. The average molecular weight is 618 g/mol. The van der Waals surface area contributed by atoms with Crippen molar-refractivity contribution in [2.24, 2.45) is 0 Å². The molecule has 0 radical (unpaired) electrons. The Morgan fingerprint density at radius 2 is 1.60 bits per heavy atom. The molecule has 2 amide bonds. The van der Waals surface area contributed by atoms with Crippen LogP contribution in [0.3, 0.4) is 0 Å². The first-order valence-electron chi connectivity index (χ1n) is 12.8. The van der Waals surface area contributed by atoms with Gasteiger partial charge in [-0.3, -0.25) is 9.52 Å². The fraction of sp³-hybridized carbons (Fsp3) is 0.286. The summed E-state index contributed by atoms with van der Waals surface area (Å²) in [5.74, 6) is 0.110. The van der Waals surface area contributed by atoms with Gasteiger partial charge in [-0.05, 0) is 54.8 Å². The van der Waals surface area contributed by atoms with Crippen molar-refractivity contribution < 1.29 is 42.4 Å². The van der Waals surface area contributed by atoms with E-state index in [1.807, 2.05) is 6.26 Å². The number of methoxy groups -OCH3 is 1. The molecule has 0 aromatic heterocycles. The van der Waals surface area contributed by atoms with Crippen LogP contribution in [0.4, 0.5) is 10.5 Å². The number of ether oxygens (including phenoxy) is 3. The van der Waals surface area contributed by atoms with Crippen LogP contribution in [0.5, 0.6) is 23.0 Å². The lowest BCUT2D eigenvalue weighted by Gasteiger charge is -2.33. The molecule has 12 nitrogen and oxygen atoms in total. The molecule has 3 N–H and O–H groups in total. The van der Waals surface area contributed by atoms with E-state index in [1.54, 1.807) is 36.4 Å². The molecule has 0 unspecified atom stereocenters. The summed E-state index contributed by atoms with van der Waals surface area (Å²) in [5.41, 5.74) is -0.00710. The van der Waals surface area contributed by atoms with Crippen LogP contribution in [-0.4, -0.2) is 93.2 Å². The number of thioether (sulfide) groups is 1. The number of anilines is 1. The number of para-hydroxylation sites is 2. The van der Waals surface area contributed by atoms with E-state index in [-0.39, 0.29) is 72.8 Å². The second-order valence-electron chi connectivity index (χ2n) is 9.02. The lowest BCUT2D eigenvalue weighted by molar-refractivity contribution is 0.0624. The summed E-state index contributed by atoms with van der Waals surface area (Å²) in [7, 11) is -2.71. The molecule has 14 heteroatoms. The van der Waals surface area contributed by atoms with Gasteiger partial charge in [-0.1, -0.05) is 12.1 Å². The molecule has 0 bridgehead atoms. The molecule has 1 heterocycles. The number of aliphatic hydroxyl groups excluding tert-OH is 1. The smallest absolute Gasteiger partial charge is 0.407 e. The highest BCUT2D eigenvalue weighted by Gasteiger charge is 2.28. The van der Waals surface area contributed by atoms with Gasteiger partial charge in [-0.15, -0.1) is 11.8 Å². The van der Waals surface area contributed by atoms with Gasteiger partial charge in [0.15, 0.2) is 23.0 Å². The number of sulfonamides is 1. The largest absolute Gasteiger partial charge is 0.493 e. The summed E-state index contributed by atoms with van der Waals surface area (Å²) in [6.07, 6.45) is 0.808. The molecule has 0 saturated carbocycles. The second kappa shape index (κ2) is 13.7. The summed E-state index contributed by atoms with van der Waals surface area (Å²) in [5, 5.41) is 18.7. The zero-order valence-electron chi connectivity index (χ0n) is 23.0. The monoisotopic (exact) mass is 617 g/mol. The molecule has 0 aliphatic carbocycles. The predicted molar refractivity (Wildman–Crippen MR) is 157 cm³/mol. The van der Waals surface area contributed by atoms with E-state index in [1.165, 1.54) is 52.9 Å². The van der Waals surface area contributed by atoms with Gasteiger partial charge in [-0.25, -0.2) is 13.2 Å². The first kappa shape index (κ1) is 30.8. The molecule has 4 rings (SSSR count). The summed E-state index contributed by atoms with van der Waals surface area (Å²) < 4.78 is 46.8. The lowest BCUT2D eigenvalue weighted by atomic mass is 10.1. The Balaban J connectivity index is 1.79. The molecule has 1 aliphatic rings. The van der Waals surface area contributed by atoms with Crippen molar-refractivity contribution >= 4 is 39.5 Å². The highest BCUT2D eigenvalue weighted by atomic mass is 32.2. The van der Waals surface area contributed by atoms with E-state index in [9.17, 15) is 28.2 Å². The SMILES string of the molecule is COc1ccccc1Oc1c(NS(=O)(=O)c2ccc(SC)cc2)cc(C(=O)N2CCN(C(=O)O)CC2)cc1OCCO. The zero-order valence-corrected chi connectivity index (χ0v) is 24.6. The van der Waals surface area contributed by atoms with Crippen LogP contribution in [0.1, 0.15) is 10.4 Å². The van der Waals surface area contributed by atoms with Gasteiger partial charge in [0.1, 0.15) is 6.61 Å². The maximum Gasteiger partial charge on any atom is 0.407 e. The molecule has 42 heavy (non-hydrogen) atoms. The Morgan fingerprint density at radius 1 is 0.952 bits per heavy atom. The van der Waals surface area contributed by atoms with Gasteiger partial charge in [0.2, 0.25) is 0 Å². The van der Waals surface area contributed by atoms with Crippen LogP contribution < -0.4 is 18.9 Å². The zero-order chi connectivity index (χ0) is 30.3. The standard InChI is InChI=1S/C28H31N3O9S2/c1-38-23-5-3-4-6-24(23)40-26-22(29-42(36,37)21-9-7-20(41-2)8-10-21)17-19(18-25(26)39-16-15-32)27(33)30-11-13-31(14-12-30)28(34)35/h3-10,17-18,29,32H,11-16H2,1-2H3,(H,34,35). The Labute approximate surface area is 247 Å². The number of aliphatic hydroxyl groups is 1. The maximum absolute atomic E-state index is 13.5. The number of rotatable bonds is 11. The highest BCUT2D eigenvalue weighted by Crippen LogP contribution is 2.43. The number of carboxylic acid groups (broad SMARTS) is 1. The van der Waals surface area contributed by atoms with Crippen molar-refractivity contribution in [1.29, 1.82) is 0 Å². The number of hydrogen-bond donors (Lipinski definition) is 3. The van der Waals surface area contributed by atoms with E-state index in [4.69, 9.17) is 14.2 Å². The van der Waals surface area contributed by atoms with Crippen LogP contribution in [0.2, 0.25) is 0 Å². The van der Waals surface area contributed by atoms with Gasteiger partial charge >= 0.3 is 6.09 Å². The Hall–Kier alpha value is -4.14. The molecule has 3 aromatic rings. The van der Waals surface area contributed by atoms with Crippen LogP contribution in [-0.2, 0) is 10.0 Å². The molecule has 224 valence electrons. The van der Waals surface area contributed by atoms with Crippen molar-refractivity contribution in [2.75, 3.05) is 57.5 Å². The van der Waals surface area contributed by atoms with E-state index in [2.05, 4.69) is 4.72 Å². The molecule has 0 spiro atoms. The van der Waals surface area contributed by atoms with Gasteiger partial charge in [0.05, 0.1) is 24.3 Å². The van der Waals surface area contributed by atoms with Crippen LogP contribution >= 0.6 is 11.8 Å². The second-order valence-corrected chi connectivity index (χ2v) is 11.6. The van der Waals surface area contributed by atoms with Crippen LogP contribution in [0, 0.1) is 0 Å². The number of amides is 2. The molecule has 3 aromatic carbocycles. The van der Waals surface area contributed by atoms with Crippen molar-refractivity contribution in [3.8, 4) is 23.0 Å². The Morgan fingerprint density at radius 3 is 2.19 bits per heavy atom. The summed E-state index contributed by atoms with van der Waals surface area (Å²) in [4.78, 5) is 28.4.